The molecule has 3 heterocycles. The lowest BCUT2D eigenvalue weighted by atomic mass is 10.2. The van der Waals surface area contributed by atoms with Gasteiger partial charge in [0.2, 0.25) is 0 Å². The Bertz CT molecular complexity index is 740. The van der Waals surface area contributed by atoms with Crippen LogP contribution in [0.15, 0.2) is 33.7 Å². The number of fused-ring (bicyclic) bond motifs is 1. The highest BCUT2D eigenvalue weighted by Crippen LogP contribution is 2.18. The second kappa shape index (κ2) is 4.72. The summed E-state index contributed by atoms with van der Waals surface area (Å²) in [6, 6.07) is 5.33. The highest BCUT2D eigenvalue weighted by Gasteiger charge is 2.10. The largest absolute Gasteiger partial charge is 0.463 e. The van der Waals surface area contributed by atoms with E-state index in [0.29, 0.717) is 22.9 Å². The minimum atomic E-state index is -0.270. The zero-order chi connectivity index (χ0) is 13.2. The predicted molar refractivity (Wildman–Crippen MR) is 69.9 cm³/mol. The smallest absolute Gasteiger partial charge is 0.349 e. The molecule has 6 heteroatoms. The van der Waals surface area contributed by atoms with E-state index in [2.05, 4.69) is 22.0 Å². The summed E-state index contributed by atoms with van der Waals surface area (Å²) in [7, 11) is 0. The van der Waals surface area contributed by atoms with Crippen LogP contribution in [0, 0.1) is 0 Å². The first-order chi connectivity index (χ1) is 9.28. The van der Waals surface area contributed by atoms with Gasteiger partial charge in [-0.2, -0.15) is 9.61 Å². The zero-order valence-electron chi connectivity index (χ0n) is 10.6. The van der Waals surface area contributed by atoms with Crippen molar-refractivity contribution in [2.24, 2.45) is 0 Å². The van der Waals surface area contributed by atoms with Crippen molar-refractivity contribution in [3.05, 3.63) is 40.8 Å². The first-order valence-electron chi connectivity index (χ1n) is 6.31. The molecule has 0 radical (unpaired) electrons. The summed E-state index contributed by atoms with van der Waals surface area (Å²) >= 11 is 0. The van der Waals surface area contributed by atoms with Gasteiger partial charge in [-0.25, -0.2) is 9.78 Å². The average Bonchev–Trinajstić information content (AvgIpc) is 3.04. The van der Waals surface area contributed by atoms with Crippen LogP contribution < -0.4 is 5.69 Å². The molecule has 0 aromatic carbocycles. The van der Waals surface area contributed by atoms with Crippen LogP contribution in [0.3, 0.4) is 0 Å². The summed E-state index contributed by atoms with van der Waals surface area (Å²) in [6.07, 6.45) is 4.40. The Morgan fingerprint density at radius 3 is 3.11 bits per heavy atom. The Morgan fingerprint density at radius 2 is 2.37 bits per heavy atom. The average molecular weight is 258 g/mol. The highest BCUT2D eigenvalue weighted by molar-refractivity contribution is 5.58. The second-order valence-corrected chi connectivity index (χ2v) is 4.37. The van der Waals surface area contributed by atoms with Crippen molar-refractivity contribution in [2.75, 3.05) is 0 Å². The SMILES string of the molecule is CCCCc1nc2cc(-c3ccco3)nn2c(=O)[nH]1. The topological polar surface area (TPSA) is 76.2 Å². The molecule has 0 bridgehead atoms. The van der Waals surface area contributed by atoms with E-state index in [1.165, 1.54) is 4.52 Å². The number of rotatable bonds is 4. The van der Waals surface area contributed by atoms with Crippen molar-refractivity contribution in [1.29, 1.82) is 0 Å². The molecule has 98 valence electrons. The lowest BCUT2D eigenvalue weighted by Gasteiger charge is -1.98. The first-order valence-corrected chi connectivity index (χ1v) is 6.31. The Balaban J connectivity index is 2.07. The van der Waals surface area contributed by atoms with E-state index in [9.17, 15) is 4.79 Å². The van der Waals surface area contributed by atoms with E-state index >= 15 is 0 Å². The van der Waals surface area contributed by atoms with Gasteiger partial charge in [-0.05, 0) is 18.6 Å². The van der Waals surface area contributed by atoms with Crippen LogP contribution in [0.4, 0.5) is 0 Å². The van der Waals surface area contributed by atoms with E-state index in [1.807, 2.05) is 0 Å². The number of hydrogen-bond donors (Lipinski definition) is 1. The van der Waals surface area contributed by atoms with Crippen molar-refractivity contribution in [3.63, 3.8) is 0 Å². The number of H-pyrrole nitrogens is 1. The van der Waals surface area contributed by atoms with Gasteiger partial charge in [-0.15, -0.1) is 0 Å². The fourth-order valence-electron chi connectivity index (χ4n) is 1.95. The summed E-state index contributed by atoms with van der Waals surface area (Å²) in [5.74, 6) is 1.32. The molecule has 0 aliphatic carbocycles. The van der Waals surface area contributed by atoms with Crippen LogP contribution in [0.5, 0.6) is 0 Å². The van der Waals surface area contributed by atoms with Gasteiger partial charge in [0.1, 0.15) is 11.5 Å². The van der Waals surface area contributed by atoms with Gasteiger partial charge < -0.3 is 4.42 Å². The molecule has 3 rings (SSSR count). The molecule has 0 unspecified atom stereocenters. The van der Waals surface area contributed by atoms with Gasteiger partial charge in [0.05, 0.1) is 6.26 Å². The van der Waals surface area contributed by atoms with Gasteiger partial charge in [0.25, 0.3) is 0 Å². The predicted octanol–water partition coefficient (Wildman–Crippen LogP) is 2.02. The maximum Gasteiger partial charge on any atom is 0.349 e. The summed E-state index contributed by atoms with van der Waals surface area (Å²) in [5.41, 5.74) is 0.880. The van der Waals surface area contributed by atoms with Crippen LogP contribution >= 0.6 is 0 Å². The lowest BCUT2D eigenvalue weighted by Crippen LogP contribution is -2.20. The van der Waals surface area contributed by atoms with Gasteiger partial charge in [-0.1, -0.05) is 13.3 Å². The molecule has 0 aliphatic heterocycles. The number of nitrogens with zero attached hydrogens (tertiary/aromatic N) is 3. The molecule has 1 N–H and O–H groups in total. The van der Waals surface area contributed by atoms with Crippen molar-refractivity contribution in [3.8, 4) is 11.5 Å². The number of furan rings is 1. The summed E-state index contributed by atoms with van der Waals surface area (Å²) < 4.78 is 6.53. The Labute approximate surface area is 109 Å². The Morgan fingerprint density at radius 1 is 1.47 bits per heavy atom. The van der Waals surface area contributed by atoms with Crippen LogP contribution in [0.25, 0.3) is 17.1 Å². The fraction of sp³-hybridized carbons (Fsp3) is 0.308. The summed E-state index contributed by atoms with van der Waals surface area (Å²) in [6.45, 7) is 2.10. The van der Waals surface area contributed by atoms with Crippen LogP contribution in [0.1, 0.15) is 25.6 Å². The number of aryl methyl sites for hydroxylation is 1. The molecule has 0 atom stereocenters. The second-order valence-electron chi connectivity index (χ2n) is 4.37. The molecule has 0 amide bonds. The molecule has 19 heavy (non-hydrogen) atoms. The normalized spacial score (nSPS) is 11.2. The van der Waals surface area contributed by atoms with Crippen LogP contribution in [-0.4, -0.2) is 19.6 Å². The monoisotopic (exact) mass is 258 g/mol. The van der Waals surface area contributed by atoms with E-state index in [1.54, 1.807) is 24.5 Å². The molecule has 0 aliphatic rings. The molecule has 0 fully saturated rings. The highest BCUT2D eigenvalue weighted by atomic mass is 16.3. The number of aromatic amines is 1. The third-order valence-electron chi connectivity index (χ3n) is 2.92. The number of hydrogen-bond acceptors (Lipinski definition) is 4. The molecule has 3 aromatic rings. The van der Waals surface area contributed by atoms with Gasteiger partial charge >= 0.3 is 5.69 Å². The maximum absolute atomic E-state index is 11.9. The van der Waals surface area contributed by atoms with E-state index < -0.39 is 0 Å². The minimum Gasteiger partial charge on any atom is -0.463 e. The standard InChI is InChI=1S/C13H14N4O2/c1-2-3-6-11-14-12-8-9(10-5-4-7-19-10)16-17(12)13(18)15-11/h4-5,7-8H,2-3,6H2,1H3,(H,14,15,18). The van der Waals surface area contributed by atoms with E-state index in [0.717, 1.165) is 19.3 Å². The molecule has 3 aromatic heterocycles. The molecular formula is C13H14N4O2. The van der Waals surface area contributed by atoms with Crippen LogP contribution in [0.2, 0.25) is 0 Å². The van der Waals surface area contributed by atoms with Crippen molar-refractivity contribution >= 4 is 5.65 Å². The lowest BCUT2D eigenvalue weighted by molar-refractivity contribution is 0.579. The van der Waals surface area contributed by atoms with E-state index in [4.69, 9.17) is 4.42 Å². The molecule has 0 saturated carbocycles. The number of nitrogens with one attached hydrogen (secondary N) is 1. The van der Waals surface area contributed by atoms with Crippen molar-refractivity contribution in [1.82, 2.24) is 19.6 Å². The summed E-state index contributed by atoms with van der Waals surface area (Å²) in [4.78, 5) is 19.1. The minimum absolute atomic E-state index is 0.270. The number of aromatic nitrogens is 4. The van der Waals surface area contributed by atoms with Crippen molar-refractivity contribution in [2.45, 2.75) is 26.2 Å². The van der Waals surface area contributed by atoms with Gasteiger partial charge in [0, 0.05) is 12.5 Å². The quantitative estimate of drug-likeness (QED) is 0.776. The zero-order valence-corrected chi connectivity index (χ0v) is 10.6. The van der Waals surface area contributed by atoms with Crippen molar-refractivity contribution < 1.29 is 4.42 Å². The third kappa shape index (κ3) is 2.16. The molecule has 0 saturated heterocycles. The Hall–Kier alpha value is -2.37. The third-order valence-corrected chi connectivity index (χ3v) is 2.92. The molecule has 6 nitrogen and oxygen atoms in total. The first kappa shape index (κ1) is 11.7. The molecule has 0 spiro atoms. The van der Waals surface area contributed by atoms with Gasteiger partial charge in [0.15, 0.2) is 11.4 Å². The van der Waals surface area contributed by atoms with Gasteiger partial charge in [-0.3, -0.25) is 4.98 Å². The van der Waals surface area contributed by atoms with E-state index in [-0.39, 0.29) is 5.69 Å². The van der Waals surface area contributed by atoms with Crippen LogP contribution in [-0.2, 0) is 6.42 Å². The summed E-state index contributed by atoms with van der Waals surface area (Å²) in [5, 5.41) is 4.19. The maximum atomic E-state index is 11.9. The fourth-order valence-corrected chi connectivity index (χ4v) is 1.95. The number of unbranched alkanes of at least 4 members (excludes halogenated alkanes) is 1. The molecular weight excluding hydrogens is 244 g/mol. The Kier molecular flexibility index (Phi) is 2.91.